The van der Waals surface area contributed by atoms with E-state index in [0.29, 0.717) is 17.7 Å². The predicted octanol–water partition coefficient (Wildman–Crippen LogP) is 4.80. The molecular formula is C25H35N5O. The molecule has 166 valence electrons. The van der Waals surface area contributed by atoms with Gasteiger partial charge in [-0.1, -0.05) is 31.7 Å². The van der Waals surface area contributed by atoms with E-state index < -0.39 is 0 Å². The van der Waals surface area contributed by atoms with E-state index in [1.54, 1.807) is 12.1 Å². The molecule has 6 nitrogen and oxygen atoms in total. The Morgan fingerprint density at radius 1 is 0.968 bits per heavy atom. The van der Waals surface area contributed by atoms with Crippen LogP contribution < -0.4 is 15.5 Å². The number of aromatic nitrogens is 2. The van der Waals surface area contributed by atoms with Gasteiger partial charge in [0.05, 0.1) is 5.52 Å². The molecule has 3 aromatic rings. The average Bonchev–Trinajstić information content (AvgIpc) is 2.76. The van der Waals surface area contributed by atoms with Gasteiger partial charge in [-0.2, -0.15) is 4.98 Å². The largest absolute Gasteiger partial charge is 0.508 e. The maximum Gasteiger partial charge on any atom is 0.225 e. The number of para-hydroxylation sites is 1. The average molecular weight is 422 g/mol. The lowest BCUT2D eigenvalue weighted by Crippen LogP contribution is -2.31. The molecule has 0 aliphatic heterocycles. The van der Waals surface area contributed by atoms with E-state index in [9.17, 15) is 5.11 Å². The Morgan fingerprint density at radius 3 is 2.39 bits per heavy atom. The highest BCUT2D eigenvalue weighted by Gasteiger charge is 2.22. The first-order valence-corrected chi connectivity index (χ1v) is 10.8. The monoisotopic (exact) mass is 421 g/mol. The lowest BCUT2D eigenvalue weighted by Gasteiger charge is -2.29. The Morgan fingerprint density at radius 2 is 1.68 bits per heavy atom. The molecule has 1 saturated carbocycles. The second kappa shape index (κ2) is 10.4. The van der Waals surface area contributed by atoms with Gasteiger partial charge in [0.25, 0.3) is 0 Å². The van der Waals surface area contributed by atoms with Crippen molar-refractivity contribution in [2.24, 2.45) is 5.92 Å². The number of hydrogen-bond donors (Lipinski definition) is 3. The molecule has 2 aromatic carbocycles. The van der Waals surface area contributed by atoms with Gasteiger partial charge in [0.2, 0.25) is 5.95 Å². The summed E-state index contributed by atoms with van der Waals surface area (Å²) >= 11 is 0. The van der Waals surface area contributed by atoms with Crippen molar-refractivity contribution in [3.63, 3.8) is 0 Å². The molecule has 6 heteroatoms. The quantitative estimate of drug-likeness (QED) is 0.509. The molecule has 1 heterocycles. The van der Waals surface area contributed by atoms with Gasteiger partial charge in [-0.15, -0.1) is 0 Å². The summed E-state index contributed by atoms with van der Waals surface area (Å²) in [4.78, 5) is 11.6. The summed E-state index contributed by atoms with van der Waals surface area (Å²) in [5.74, 6) is 2.70. The van der Waals surface area contributed by atoms with Crippen molar-refractivity contribution in [1.82, 2.24) is 15.3 Å². The number of hydrogen-bond acceptors (Lipinski definition) is 6. The third-order valence-electron chi connectivity index (χ3n) is 5.89. The molecule has 3 N–H and O–H groups in total. The zero-order valence-corrected chi connectivity index (χ0v) is 17.8. The van der Waals surface area contributed by atoms with E-state index in [2.05, 4.69) is 16.7 Å². The van der Waals surface area contributed by atoms with Gasteiger partial charge in [-0.3, -0.25) is 0 Å². The van der Waals surface area contributed by atoms with Crippen LogP contribution in [0.3, 0.4) is 0 Å². The maximum absolute atomic E-state index is 9.37. The Balaban J connectivity index is 0.00000272. The van der Waals surface area contributed by atoms with Crippen LogP contribution in [0, 0.1) is 5.92 Å². The number of benzene rings is 2. The smallest absolute Gasteiger partial charge is 0.225 e. The lowest BCUT2D eigenvalue weighted by molar-refractivity contribution is 0.324. The first kappa shape index (κ1) is 22.8. The van der Waals surface area contributed by atoms with E-state index >= 15 is 0 Å². The van der Waals surface area contributed by atoms with Gasteiger partial charge in [0.15, 0.2) is 0 Å². The van der Waals surface area contributed by atoms with Gasteiger partial charge in [-0.05, 0) is 68.0 Å². The highest BCUT2D eigenvalue weighted by atomic mass is 16.3. The minimum absolute atomic E-state index is 0. The first-order chi connectivity index (χ1) is 14.6. The van der Waals surface area contributed by atoms with Gasteiger partial charge in [0, 0.05) is 32.1 Å². The second-order valence-electron chi connectivity index (χ2n) is 8.44. The summed E-state index contributed by atoms with van der Waals surface area (Å²) in [7, 11) is 4.05. The van der Waals surface area contributed by atoms with Crippen molar-refractivity contribution in [3.8, 4) is 5.75 Å². The van der Waals surface area contributed by atoms with Gasteiger partial charge in [-0.25, -0.2) is 4.98 Å². The fourth-order valence-electron chi connectivity index (χ4n) is 4.19. The molecule has 1 fully saturated rings. The lowest BCUT2D eigenvalue weighted by atomic mass is 9.86. The minimum Gasteiger partial charge on any atom is -0.508 e. The minimum atomic E-state index is 0. The number of anilines is 2. The number of phenolic OH excluding ortho intramolecular Hbond substituents is 1. The van der Waals surface area contributed by atoms with E-state index in [0.717, 1.165) is 48.6 Å². The zero-order valence-electron chi connectivity index (χ0n) is 17.8. The van der Waals surface area contributed by atoms with Gasteiger partial charge in [0.1, 0.15) is 11.6 Å². The molecule has 0 amide bonds. The Bertz CT molecular complexity index is 965. The highest BCUT2D eigenvalue weighted by Crippen LogP contribution is 2.28. The van der Waals surface area contributed by atoms with E-state index in [-0.39, 0.29) is 7.43 Å². The molecule has 1 aliphatic rings. The number of aromatic hydroxyl groups is 1. The summed E-state index contributed by atoms with van der Waals surface area (Å²) in [6.45, 7) is 1.88. The Labute approximate surface area is 185 Å². The van der Waals surface area contributed by atoms with Crippen molar-refractivity contribution < 1.29 is 5.11 Å². The maximum atomic E-state index is 9.37. The zero-order chi connectivity index (χ0) is 20.9. The summed E-state index contributed by atoms with van der Waals surface area (Å²) < 4.78 is 0. The third kappa shape index (κ3) is 5.85. The van der Waals surface area contributed by atoms with Crippen LogP contribution in [-0.2, 0) is 6.54 Å². The Hall–Kier alpha value is -2.86. The van der Waals surface area contributed by atoms with Crippen molar-refractivity contribution in [2.75, 3.05) is 30.9 Å². The molecule has 1 aromatic heterocycles. The van der Waals surface area contributed by atoms with Crippen molar-refractivity contribution >= 4 is 22.7 Å². The van der Waals surface area contributed by atoms with E-state index in [1.807, 2.05) is 49.3 Å². The van der Waals surface area contributed by atoms with Crippen LogP contribution in [0.1, 0.15) is 38.7 Å². The summed E-state index contributed by atoms with van der Waals surface area (Å²) in [6.07, 6.45) is 4.68. The molecule has 0 bridgehead atoms. The van der Waals surface area contributed by atoms with Crippen molar-refractivity contribution in [1.29, 1.82) is 0 Å². The van der Waals surface area contributed by atoms with Crippen molar-refractivity contribution in [2.45, 2.75) is 45.7 Å². The van der Waals surface area contributed by atoms with E-state index in [4.69, 9.17) is 9.97 Å². The SMILES string of the molecule is C.CN(C)c1nc(NC2CCC(CNCc3ccc(O)cc3)CC2)nc2ccccc12. The van der Waals surface area contributed by atoms with Crippen LogP contribution >= 0.6 is 0 Å². The molecule has 0 radical (unpaired) electrons. The van der Waals surface area contributed by atoms with Crippen LogP contribution in [0.4, 0.5) is 11.8 Å². The molecule has 1 aliphatic carbocycles. The number of fused-ring (bicyclic) bond motifs is 1. The highest BCUT2D eigenvalue weighted by molar-refractivity contribution is 5.90. The van der Waals surface area contributed by atoms with Crippen LogP contribution in [-0.4, -0.2) is 41.8 Å². The normalized spacial score (nSPS) is 18.4. The number of nitrogens with zero attached hydrogens (tertiary/aromatic N) is 3. The number of rotatable bonds is 7. The molecule has 0 saturated heterocycles. The Kier molecular flexibility index (Phi) is 7.69. The predicted molar refractivity (Wildman–Crippen MR) is 130 cm³/mol. The molecule has 0 spiro atoms. The summed E-state index contributed by atoms with van der Waals surface area (Å²) in [5, 5.41) is 17.6. The van der Waals surface area contributed by atoms with Crippen molar-refractivity contribution in [3.05, 3.63) is 54.1 Å². The first-order valence-electron chi connectivity index (χ1n) is 10.8. The van der Waals surface area contributed by atoms with Crippen LogP contribution in [0.5, 0.6) is 5.75 Å². The molecular weight excluding hydrogens is 386 g/mol. The van der Waals surface area contributed by atoms with Crippen LogP contribution in [0.2, 0.25) is 0 Å². The summed E-state index contributed by atoms with van der Waals surface area (Å²) in [6, 6.07) is 16.0. The third-order valence-corrected chi connectivity index (χ3v) is 5.89. The molecule has 0 atom stereocenters. The van der Waals surface area contributed by atoms with Crippen LogP contribution in [0.15, 0.2) is 48.5 Å². The standard InChI is InChI=1S/C24H31N5O.CH4/c1-29(2)23-21-5-3-4-6-22(21)27-24(28-23)26-19-11-7-17(8-12-19)15-25-16-18-9-13-20(30)14-10-18;/h3-6,9-10,13-14,17,19,25,30H,7-8,11-12,15-16H2,1-2H3,(H,26,27,28);1H4. The number of nitrogens with one attached hydrogen (secondary N) is 2. The molecule has 31 heavy (non-hydrogen) atoms. The number of phenols is 1. The molecule has 0 unspecified atom stereocenters. The topological polar surface area (TPSA) is 73.3 Å². The van der Waals surface area contributed by atoms with E-state index in [1.165, 1.54) is 18.4 Å². The second-order valence-corrected chi connectivity index (χ2v) is 8.44. The summed E-state index contributed by atoms with van der Waals surface area (Å²) in [5.41, 5.74) is 2.18. The fraction of sp³-hybridized carbons (Fsp3) is 0.440. The fourth-order valence-corrected chi connectivity index (χ4v) is 4.19. The van der Waals surface area contributed by atoms with Crippen LogP contribution in [0.25, 0.3) is 10.9 Å². The molecule has 4 rings (SSSR count). The van der Waals surface area contributed by atoms with Gasteiger partial charge >= 0.3 is 0 Å². The van der Waals surface area contributed by atoms with Gasteiger partial charge < -0.3 is 20.6 Å².